The Labute approximate surface area is 113 Å². The second-order valence-electron chi connectivity index (χ2n) is 4.73. The van der Waals surface area contributed by atoms with Crippen molar-refractivity contribution in [2.24, 2.45) is 0 Å². The van der Waals surface area contributed by atoms with Crippen LogP contribution < -0.4 is 5.32 Å². The third kappa shape index (κ3) is 3.40. The highest BCUT2D eigenvalue weighted by Crippen LogP contribution is 2.16. The van der Waals surface area contributed by atoms with Gasteiger partial charge in [0.1, 0.15) is 0 Å². The van der Waals surface area contributed by atoms with Crippen molar-refractivity contribution in [2.45, 2.75) is 33.7 Å². The first-order chi connectivity index (χ1) is 8.66. The Hall–Kier alpha value is -1.19. The Kier molecular flexibility index (Phi) is 4.50. The molecule has 0 atom stereocenters. The van der Waals surface area contributed by atoms with Crippen LogP contribution in [0.5, 0.6) is 0 Å². The summed E-state index contributed by atoms with van der Waals surface area (Å²) in [6.45, 7) is 8.47. The van der Waals surface area contributed by atoms with Gasteiger partial charge >= 0.3 is 0 Å². The molecule has 0 saturated heterocycles. The Morgan fingerprint density at radius 2 is 1.89 bits per heavy atom. The third-order valence-corrected chi connectivity index (χ3v) is 3.98. The zero-order valence-corrected chi connectivity index (χ0v) is 12.1. The first-order valence-electron chi connectivity index (χ1n) is 6.32. The highest BCUT2D eigenvalue weighted by atomic mass is 32.1. The van der Waals surface area contributed by atoms with Crippen molar-refractivity contribution in [1.29, 1.82) is 0 Å². The second kappa shape index (κ2) is 6.12. The lowest BCUT2D eigenvalue weighted by atomic mass is 10.00. The van der Waals surface area contributed by atoms with Gasteiger partial charge in [-0.1, -0.05) is 17.7 Å². The summed E-state index contributed by atoms with van der Waals surface area (Å²) >= 11 is 1.73. The van der Waals surface area contributed by atoms with Crippen LogP contribution in [0.3, 0.4) is 0 Å². The summed E-state index contributed by atoms with van der Waals surface area (Å²) in [6.07, 6.45) is 2.88. The van der Waals surface area contributed by atoms with Crippen LogP contribution in [0, 0.1) is 20.8 Å². The van der Waals surface area contributed by atoms with Crippen LogP contribution in [-0.2, 0) is 13.0 Å². The van der Waals surface area contributed by atoms with Gasteiger partial charge in [-0.25, -0.2) is 4.98 Å². The SMILES string of the molecule is Cc1cc(C)c(CNCCc2nccs2)c(C)c1. The minimum atomic E-state index is 0.948. The van der Waals surface area contributed by atoms with Crippen molar-refractivity contribution in [3.8, 4) is 0 Å². The van der Waals surface area contributed by atoms with Crippen molar-refractivity contribution >= 4 is 11.3 Å². The van der Waals surface area contributed by atoms with E-state index in [9.17, 15) is 0 Å². The molecule has 0 fully saturated rings. The highest BCUT2D eigenvalue weighted by molar-refractivity contribution is 7.09. The minimum absolute atomic E-state index is 0.948. The number of benzene rings is 1. The fourth-order valence-electron chi connectivity index (χ4n) is 2.27. The van der Waals surface area contributed by atoms with Crippen molar-refractivity contribution in [2.75, 3.05) is 6.54 Å². The Morgan fingerprint density at radius 3 is 2.50 bits per heavy atom. The maximum atomic E-state index is 4.29. The molecular weight excluding hydrogens is 240 g/mol. The summed E-state index contributed by atoms with van der Waals surface area (Å²) < 4.78 is 0. The molecular formula is C15H20N2S. The highest BCUT2D eigenvalue weighted by Gasteiger charge is 2.03. The van der Waals surface area contributed by atoms with Gasteiger partial charge in [-0.2, -0.15) is 0 Å². The van der Waals surface area contributed by atoms with Gasteiger partial charge in [0.2, 0.25) is 0 Å². The zero-order chi connectivity index (χ0) is 13.0. The molecule has 2 nitrogen and oxygen atoms in total. The maximum Gasteiger partial charge on any atom is 0.0937 e. The molecule has 0 aliphatic heterocycles. The lowest BCUT2D eigenvalue weighted by Gasteiger charge is -2.12. The summed E-state index contributed by atoms with van der Waals surface area (Å²) in [6, 6.07) is 4.51. The van der Waals surface area contributed by atoms with Crippen molar-refractivity contribution in [1.82, 2.24) is 10.3 Å². The van der Waals surface area contributed by atoms with Gasteiger partial charge in [0.25, 0.3) is 0 Å². The van der Waals surface area contributed by atoms with E-state index >= 15 is 0 Å². The molecule has 0 aliphatic rings. The predicted octanol–water partition coefficient (Wildman–Crippen LogP) is 3.40. The van der Waals surface area contributed by atoms with Crippen LogP contribution in [0.25, 0.3) is 0 Å². The van der Waals surface area contributed by atoms with Crippen molar-refractivity contribution in [3.63, 3.8) is 0 Å². The lowest BCUT2D eigenvalue weighted by molar-refractivity contribution is 0.680. The van der Waals surface area contributed by atoms with Crippen LogP contribution >= 0.6 is 11.3 Å². The molecule has 0 amide bonds. The monoisotopic (exact) mass is 260 g/mol. The second-order valence-corrected chi connectivity index (χ2v) is 5.71. The molecule has 0 saturated carbocycles. The molecule has 1 N–H and O–H groups in total. The smallest absolute Gasteiger partial charge is 0.0937 e. The molecule has 2 rings (SSSR count). The predicted molar refractivity (Wildman–Crippen MR) is 78.2 cm³/mol. The summed E-state index contributed by atoms with van der Waals surface area (Å²) in [5, 5.41) is 6.75. The molecule has 18 heavy (non-hydrogen) atoms. The standard InChI is InChI=1S/C15H20N2S/c1-11-8-12(2)14(13(3)9-11)10-16-5-4-15-17-6-7-18-15/h6-9,16H,4-5,10H2,1-3H3. The third-order valence-electron chi connectivity index (χ3n) is 3.14. The first kappa shape index (κ1) is 13.2. The number of hydrogen-bond donors (Lipinski definition) is 1. The van der Waals surface area contributed by atoms with Gasteiger partial charge in [0.15, 0.2) is 0 Å². The molecule has 1 heterocycles. The van der Waals surface area contributed by atoms with Gasteiger partial charge in [0.05, 0.1) is 5.01 Å². The van der Waals surface area contributed by atoms with Gasteiger partial charge in [0, 0.05) is 31.1 Å². The van der Waals surface area contributed by atoms with Crippen LogP contribution in [-0.4, -0.2) is 11.5 Å². The van der Waals surface area contributed by atoms with E-state index in [0.29, 0.717) is 0 Å². The fraction of sp³-hybridized carbons (Fsp3) is 0.400. The lowest BCUT2D eigenvalue weighted by Crippen LogP contribution is -2.18. The molecule has 2 aromatic rings. The van der Waals surface area contributed by atoms with E-state index in [2.05, 4.69) is 43.2 Å². The van der Waals surface area contributed by atoms with E-state index in [4.69, 9.17) is 0 Å². The van der Waals surface area contributed by atoms with Crippen LogP contribution in [0.1, 0.15) is 27.3 Å². The van der Waals surface area contributed by atoms with E-state index in [1.54, 1.807) is 11.3 Å². The minimum Gasteiger partial charge on any atom is -0.312 e. The van der Waals surface area contributed by atoms with Crippen molar-refractivity contribution in [3.05, 3.63) is 51.0 Å². The molecule has 3 heteroatoms. The van der Waals surface area contributed by atoms with Crippen LogP contribution in [0.2, 0.25) is 0 Å². The van der Waals surface area contributed by atoms with Gasteiger partial charge < -0.3 is 5.32 Å². The largest absolute Gasteiger partial charge is 0.312 e. The topological polar surface area (TPSA) is 24.9 Å². The van der Waals surface area contributed by atoms with Crippen LogP contribution in [0.4, 0.5) is 0 Å². The van der Waals surface area contributed by atoms with Crippen molar-refractivity contribution < 1.29 is 0 Å². The van der Waals surface area contributed by atoms with E-state index in [1.165, 1.54) is 27.3 Å². The molecule has 96 valence electrons. The van der Waals surface area contributed by atoms with Gasteiger partial charge in [-0.15, -0.1) is 11.3 Å². The number of aryl methyl sites for hydroxylation is 3. The fourth-order valence-corrected chi connectivity index (χ4v) is 2.89. The molecule has 0 bridgehead atoms. The van der Waals surface area contributed by atoms with E-state index in [-0.39, 0.29) is 0 Å². The first-order valence-corrected chi connectivity index (χ1v) is 7.20. The van der Waals surface area contributed by atoms with Crippen LogP contribution in [0.15, 0.2) is 23.7 Å². The number of aromatic nitrogens is 1. The number of nitrogens with zero attached hydrogens (tertiary/aromatic N) is 1. The number of rotatable bonds is 5. The normalized spacial score (nSPS) is 10.8. The van der Waals surface area contributed by atoms with E-state index < -0.39 is 0 Å². The summed E-state index contributed by atoms with van der Waals surface area (Å²) in [5.41, 5.74) is 5.54. The quantitative estimate of drug-likeness (QED) is 0.833. The summed E-state index contributed by atoms with van der Waals surface area (Å²) in [7, 11) is 0. The Morgan fingerprint density at radius 1 is 1.17 bits per heavy atom. The van der Waals surface area contributed by atoms with Gasteiger partial charge in [-0.05, 0) is 37.5 Å². The number of hydrogen-bond acceptors (Lipinski definition) is 3. The summed E-state index contributed by atoms with van der Waals surface area (Å²) in [5.74, 6) is 0. The molecule has 0 aliphatic carbocycles. The Bertz CT molecular complexity index is 480. The van der Waals surface area contributed by atoms with E-state index in [0.717, 1.165) is 19.5 Å². The molecule has 1 aromatic carbocycles. The van der Waals surface area contributed by atoms with Gasteiger partial charge in [-0.3, -0.25) is 0 Å². The number of thiazole rings is 1. The average Bonchev–Trinajstić information content (AvgIpc) is 2.79. The molecule has 0 unspecified atom stereocenters. The van der Waals surface area contributed by atoms with E-state index in [1.807, 2.05) is 11.6 Å². The number of nitrogens with one attached hydrogen (secondary N) is 1. The molecule has 0 spiro atoms. The zero-order valence-electron chi connectivity index (χ0n) is 11.3. The maximum absolute atomic E-state index is 4.29. The molecule has 1 aromatic heterocycles. The Balaban J connectivity index is 1.87. The average molecular weight is 260 g/mol. The summed E-state index contributed by atoms with van der Waals surface area (Å²) in [4.78, 5) is 4.29. The molecule has 0 radical (unpaired) electrons.